The van der Waals surface area contributed by atoms with E-state index in [1.807, 2.05) is 11.8 Å². The number of benzene rings is 1. The lowest BCUT2D eigenvalue weighted by Gasteiger charge is -2.17. The predicted molar refractivity (Wildman–Crippen MR) is 87.3 cm³/mol. The molecular weight excluding hydrogens is 270 g/mol. The van der Waals surface area contributed by atoms with Gasteiger partial charge in [0.25, 0.3) is 0 Å². The number of nitrogens with one attached hydrogen (secondary N) is 1. The molecule has 0 saturated heterocycles. The minimum atomic E-state index is 0.456. The van der Waals surface area contributed by atoms with Gasteiger partial charge in [0, 0.05) is 16.7 Å². The van der Waals surface area contributed by atoms with Crippen molar-refractivity contribution in [3.8, 4) is 0 Å². The van der Waals surface area contributed by atoms with Crippen LogP contribution in [0.4, 0.5) is 0 Å². The number of hydrogen-bond acceptors (Lipinski definition) is 3. The lowest BCUT2D eigenvalue weighted by molar-refractivity contribution is 0.579. The summed E-state index contributed by atoms with van der Waals surface area (Å²) in [5.74, 6) is 1.08. The Morgan fingerprint density at radius 1 is 1.21 bits per heavy atom. The average Bonchev–Trinajstić information content (AvgIpc) is 2.95. The van der Waals surface area contributed by atoms with Crippen LogP contribution in [-0.4, -0.2) is 12.3 Å². The molecule has 1 unspecified atom stereocenters. The van der Waals surface area contributed by atoms with Crippen molar-refractivity contribution >= 4 is 23.1 Å². The third kappa shape index (κ3) is 4.68. The zero-order valence-corrected chi connectivity index (χ0v) is 13.2. The predicted octanol–water partition coefficient (Wildman–Crippen LogP) is 4.89. The van der Waals surface area contributed by atoms with Crippen molar-refractivity contribution in [3.05, 3.63) is 52.2 Å². The van der Waals surface area contributed by atoms with E-state index in [0.29, 0.717) is 6.04 Å². The smallest absolute Gasteiger partial charge is 0.0423 e. The Hall–Kier alpha value is -0.770. The van der Waals surface area contributed by atoms with Crippen LogP contribution in [0.15, 0.2) is 46.0 Å². The number of rotatable bonds is 7. The van der Waals surface area contributed by atoms with Crippen LogP contribution in [0.2, 0.25) is 0 Å². The third-order valence-corrected chi connectivity index (χ3v) is 4.83. The highest BCUT2D eigenvalue weighted by Gasteiger charge is 2.11. The molecule has 0 saturated carbocycles. The van der Waals surface area contributed by atoms with E-state index in [-0.39, 0.29) is 0 Å². The zero-order valence-electron chi connectivity index (χ0n) is 11.6. The summed E-state index contributed by atoms with van der Waals surface area (Å²) in [6, 6.07) is 11.5. The summed E-state index contributed by atoms with van der Waals surface area (Å²) in [5.41, 5.74) is 2.74. The molecule has 2 aromatic rings. The summed E-state index contributed by atoms with van der Waals surface area (Å²) in [4.78, 5) is 1.35. The maximum atomic E-state index is 3.64. The fraction of sp³-hybridized carbons (Fsp3) is 0.375. The highest BCUT2D eigenvalue weighted by atomic mass is 32.2. The second kappa shape index (κ2) is 7.73. The molecule has 19 heavy (non-hydrogen) atoms. The first-order valence-corrected chi connectivity index (χ1v) is 8.67. The molecule has 0 spiro atoms. The molecular formula is C16H21NS2. The van der Waals surface area contributed by atoms with E-state index in [1.54, 1.807) is 11.3 Å². The van der Waals surface area contributed by atoms with Crippen molar-refractivity contribution in [3.63, 3.8) is 0 Å². The molecule has 102 valence electrons. The van der Waals surface area contributed by atoms with Gasteiger partial charge < -0.3 is 5.32 Å². The van der Waals surface area contributed by atoms with Crippen molar-refractivity contribution in [1.29, 1.82) is 0 Å². The van der Waals surface area contributed by atoms with E-state index < -0.39 is 0 Å². The van der Waals surface area contributed by atoms with E-state index in [4.69, 9.17) is 0 Å². The Balaban J connectivity index is 1.94. The highest BCUT2D eigenvalue weighted by Crippen LogP contribution is 2.26. The Morgan fingerprint density at radius 3 is 2.63 bits per heavy atom. The van der Waals surface area contributed by atoms with Crippen LogP contribution in [0.25, 0.3) is 0 Å². The topological polar surface area (TPSA) is 12.0 Å². The zero-order chi connectivity index (χ0) is 13.5. The van der Waals surface area contributed by atoms with Gasteiger partial charge in [0.15, 0.2) is 0 Å². The van der Waals surface area contributed by atoms with Crippen molar-refractivity contribution in [2.75, 3.05) is 12.3 Å². The third-order valence-electron chi connectivity index (χ3n) is 3.02. The monoisotopic (exact) mass is 291 g/mol. The Kier molecular flexibility index (Phi) is 5.95. The molecule has 0 amide bonds. The summed E-state index contributed by atoms with van der Waals surface area (Å²) < 4.78 is 0. The van der Waals surface area contributed by atoms with Crippen LogP contribution < -0.4 is 5.32 Å². The molecule has 0 aliphatic carbocycles. The van der Waals surface area contributed by atoms with Gasteiger partial charge in [-0.3, -0.25) is 0 Å². The first-order valence-electron chi connectivity index (χ1n) is 6.74. The fourth-order valence-corrected chi connectivity index (χ4v) is 3.59. The molecule has 1 atom stereocenters. The van der Waals surface area contributed by atoms with Gasteiger partial charge in [0.05, 0.1) is 0 Å². The van der Waals surface area contributed by atoms with Crippen LogP contribution in [0.1, 0.15) is 30.5 Å². The number of aryl methyl sites for hydroxylation is 1. The highest BCUT2D eigenvalue weighted by molar-refractivity contribution is 7.99. The van der Waals surface area contributed by atoms with Crippen LogP contribution >= 0.6 is 23.1 Å². The molecule has 1 nitrogen and oxygen atoms in total. The summed E-state index contributed by atoms with van der Waals surface area (Å²) >= 11 is 3.70. The molecule has 1 aromatic carbocycles. The molecule has 0 aliphatic rings. The van der Waals surface area contributed by atoms with Gasteiger partial charge in [0.1, 0.15) is 0 Å². The van der Waals surface area contributed by atoms with Gasteiger partial charge in [-0.2, -0.15) is 11.3 Å². The number of thiophene rings is 1. The van der Waals surface area contributed by atoms with E-state index in [2.05, 4.69) is 60.3 Å². The number of thioether (sulfide) groups is 1. The first kappa shape index (κ1) is 14.6. The molecule has 1 N–H and O–H groups in total. The number of hydrogen-bond donors (Lipinski definition) is 1. The molecule has 2 rings (SSSR count). The molecule has 1 heterocycles. The van der Waals surface area contributed by atoms with Crippen LogP contribution in [0.5, 0.6) is 0 Å². The fourth-order valence-electron chi connectivity index (χ4n) is 1.88. The molecule has 0 aliphatic heterocycles. The average molecular weight is 291 g/mol. The molecule has 1 aromatic heterocycles. The SMILES string of the molecule is CCCNC(CSc1ccc(C)cc1)c1ccsc1. The van der Waals surface area contributed by atoms with Crippen molar-refractivity contribution in [1.82, 2.24) is 5.32 Å². The summed E-state index contributed by atoms with van der Waals surface area (Å²) in [5, 5.41) is 8.05. The first-order chi connectivity index (χ1) is 9.29. The van der Waals surface area contributed by atoms with Crippen LogP contribution in [-0.2, 0) is 0 Å². The van der Waals surface area contributed by atoms with Gasteiger partial charge in [-0.25, -0.2) is 0 Å². The van der Waals surface area contributed by atoms with E-state index >= 15 is 0 Å². The van der Waals surface area contributed by atoms with E-state index in [9.17, 15) is 0 Å². The lowest BCUT2D eigenvalue weighted by atomic mass is 10.2. The van der Waals surface area contributed by atoms with Crippen LogP contribution in [0.3, 0.4) is 0 Å². The summed E-state index contributed by atoms with van der Waals surface area (Å²) in [6.45, 7) is 5.42. The van der Waals surface area contributed by atoms with Crippen molar-refractivity contribution in [2.24, 2.45) is 0 Å². The Morgan fingerprint density at radius 2 is 2.00 bits per heavy atom. The normalized spacial score (nSPS) is 12.5. The second-order valence-electron chi connectivity index (χ2n) is 4.69. The largest absolute Gasteiger partial charge is 0.309 e. The molecule has 3 heteroatoms. The molecule has 0 radical (unpaired) electrons. The second-order valence-corrected chi connectivity index (χ2v) is 6.56. The Bertz CT molecular complexity index is 462. The van der Waals surface area contributed by atoms with E-state index in [0.717, 1.165) is 12.3 Å². The minimum absolute atomic E-state index is 0.456. The molecule has 0 bridgehead atoms. The standard InChI is InChI=1S/C16H21NS2/c1-3-9-17-16(14-8-10-18-11-14)12-19-15-6-4-13(2)5-7-15/h4-8,10-11,16-17H,3,9,12H2,1-2H3. The quantitative estimate of drug-likeness (QED) is 0.729. The summed E-state index contributed by atoms with van der Waals surface area (Å²) in [6.07, 6.45) is 1.18. The minimum Gasteiger partial charge on any atom is -0.309 e. The summed E-state index contributed by atoms with van der Waals surface area (Å²) in [7, 11) is 0. The lowest BCUT2D eigenvalue weighted by Crippen LogP contribution is -2.23. The maximum Gasteiger partial charge on any atom is 0.0423 e. The van der Waals surface area contributed by atoms with Crippen LogP contribution in [0, 0.1) is 6.92 Å². The van der Waals surface area contributed by atoms with Gasteiger partial charge in [-0.05, 0) is 54.4 Å². The van der Waals surface area contributed by atoms with E-state index in [1.165, 1.54) is 22.4 Å². The van der Waals surface area contributed by atoms with Gasteiger partial charge >= 0.3 is 0 Å². The van der Waals surface area contributed by atoms with Crippen molar-refractivity contribution in [2.45, 2.75) is 31.2 Å². The van der Waals surface area contributed by atoms with Crippen molar-refractivity contribution < 1.29 is 0 Å². The van der Waals surface area contributed by atoms with Gasteiger partial charge in [0.2, 0.25) is 0 Å². The van der Waals surface area contributed by atoms with Gasteiger partial charge in [-0.1, -0.05) is 24.6 Å². The Labute approximate surface area is 124 Å². The van der Waals surface area contributed by atoms with Gasteiger partial charge in [-0.15, -0.1) is 11.8 Å². The molecule has 0 fully saturated rings. The maximum absolute atomic E-state index is 3.64.